The summed E-state index contributed by atoms with van der Waals surface area (Å²) in [6, 6.07) is 79.1. The molecule has 0 bridgehead atoms. The second kappa shape index (κ2) is 15.1. The quantitative estimate of drug-likeness (QED) is 0.167. The smallest absolute Gasteiger partial charge is 0.163 e. The van der Waals surface area contributed by atoms with Crippen molar-refractivity contribution in [3.63, 3.8) is 0 Å². The van der Waals surface area contributed by atoms with Crippen molar-refractivity contribution < 1.29 is 0 Å². The number of benzene rings is 9. The molecule has 6 heteroatoms. The molecule has 2 atom stereocenters. The van der Waals surface area contributed by atoms with Crippen molar-refractivity contribution in [2.24, 2.45) is 0 Å². The van der Waals surface area contributed by atoms with Crippen LogP contribution in [0.25, 0.3) is 105 Å². The zero-order valence-corrected chi connectivity index (χ0v) is 37.9. The summed E-state index contributed by atoms with van der Waals surface area (Å²) in [6.07, 6.45) is 9.05. The minimum Gasteiger partial charge on any atom is -0.333 e. The highest BCUT2D eigenvalue weighted by molar-refractivity contribution is 6.13. The fourth-order valence-electron chi connectivity index (χ4n) is 11.7. The Hall–Kier alpha value is -9.26. The van der Waals surface area contributed by atoms with Crippen LogP contribution in [0.15, 0.2) is 243 Å². The van der Waals surface area contributed by atoms with Crippen molar-refractivity contribution >= 4 is 76.8 Å². The van der Waals surface area contributed by atoms with Crippen LogP contribution in [0.1, 0.15) is 11.5 Å². The molecule has 9 aromatic carbocycles. The van der Waals surface area contributed by atoms with Gasteiger partial charge >= 0.3 is 0 Å². The molecule has 1 aliphatic carbocycles. The second-order valence-electron chi connectivity index (χ2n) is 18.5. The molecule has 0 amide bonds. The van der Waals surface area contributed by atoms with E-state index < -0.39 is 0 Å². The van der Waals surface area contributed by atoms with Crippen LogP contribution in [0.2, 0.25) is 0 Å². The molecule has 6 nitrogen and oxygen atoms in total. The summed E-state index contributed by atoms with van der Waals surface area (Å²) in [5, 5.41) is 7.15. The molecule has 328 valence electrons. The van der Waals surface area contributed by atoms with Crippen molar-refractivity contribution in [3.8, 4) is 39.8 Å². The Kier molecular flexibility index (Phi) is 8.38. The predicted octanol–water partition coefficient (Wildman–Crippen LogP) is 15.8. The summed E-state index contributed by atoms with van der Waals surface area (Å²) in [5.74, 6) is 2.55. The average molecular weight is 895 g/mol. The van der Waals surface area contributed by atoms with Crippen LogP contribution in [0.3, 0.4) is 0 Å². The number of fused-ring (bicyclic) bond motifs is 12. The topological polar surface area (TPSA) is 43.8 Å². The third-order valence-electron chi connectivity index (χ3n) is 14.8. The normalized spacial score (nSPS) is 15.3. The van der Waals surface area contributed by atoms with E-state index in [1.807, 2.05) is 0 Å². The number of anilines is 2. The van der Waals surface area contributed by atoms with Gasteiger partial charge in [-0.3, -0.25) is 9.13 Å². The standard InChI is InChI=1S/C64H42N6/c1-2-16-41(17-3-1)42-30-32-43(33-31-42)64-65-62(69-58-28-14-8-22-50(58)52-38-44(34-36-60(52)69)67-54-24-10-4-18-46(54)47-19-5-11-25-55(47)67)40-63(66-64)70-59-29-15-9-23-51(59)53-39-45(35-37-61(53)70)68-56-26-12-6-20-48(56)49-21-7-13-27-57(49)68/h1-40,46,54H. The van der Waals surface area contributed by atoms with E-state index in [0.717, 1.165) is 61.3 Å². The van der Waals surface area contributed by atoms with Crippen LogP contribution in [0.4, 0.5) is 11.4 Å². The first kappa shape index (κ1) is 38.8. The molecule has 15 rings (SSSR count). The minimum atomic E-state index is 0.206. The largest absolute Gasteiger partial charge is 0.333 e. The molecule has 0 N–H and O–H groups in total. The fourth-order valence-corrected chi connectivity index (χ4v) is 11.7. The first-order chi connectivity index (χ1) is 34.7. The first-order valence-corrected chi connectivity index (χ1v) is 24.1. The fraction of sp³-hybridized carbons (Fsp3) is 0.0312. The molecule has 0 radical (unpaired) electrons. The Labute approximate surface area is 403 Å². The van der Waals surface area contributed by atoms with E-state index in [1.54, 1.807) is 0 Å². The van der Waals surface area contributed by atoms with Gasteiger partial charge in [0.15, 0.2) is 5.82 Å². The summed E-state index contributed by atoms with van der Waals surface area (Å²) in [5.41, 5.74) is 14.9. The van der Waals surface area contributed by atoms with Crippen molar-refractivity contribution in [2.75, 3.05) is 4.90 Å². The lowest BCUT2D eigenvalue weighted by Crippen LogP contribution is -2.28. The van der Waals surface area contributed by atoms with Crippen LogP contribution in [0, 0.1) is 0 Å². The lowest BCUT2D eigenvalue weighted by Gasteiger charge is -2.28. The van der Waals surface area contributed by atoms with E-state index in [4.69, 9.17) is 9.97 Å². The summed E-state index contributed by atoms with van der Waals surface area (Å²) < 4.78 is 7.06. The van der Waals surface area contributed by atoms with Gasteiger partial charge in [0.05, 0.1) is 39.1 Å². The number of para-hydroxylation sites is 5. The lowest BCUT2D eigenvalue weighted by molar-refractivity contribution is 0.745. The van der Waals surface area contributed by atoms with Gasteiger partial charge in [-0.1, -0.05) is 170 Å². The molecule has 0 saturated carbocycles. The van der Waals surface area contributed by atoms with Gasteiger partial charge in [0.1, 0.15) is 11.6 Å². The molecule has 2 aliphatic rings. The van der Waals surface area contributed by atoms with Gasteiger partial charge in [-0.15, -0.1) is 0 Å². The van der Waals surface area contributed by atoms with E-state index in [2.05, 4.69) is 261 Å². The molecule has 2 unspecified atom stereocenters. The molecule has 1 aliphatic heterocycles. The minimum absolute atomic E-state index is 0.206. The Balaban J connectivity index is 0.951. The Bertz CT molecular complexity index is 4270. The van der Waals surface area contributed by atoms with Gasteiger partial charge in [0.25, 0.3) is 0 Å². The summed E-state index contributed by atoms with van der Waals surface area (Å²) in [7, 11) is 0. The number of hydrogen-bond donors (Lipinski definition) is 0. The Morgan fingerprint density at radius 2 is 0.786 bits per heavy atom. The molecular weight excluding hydrogens is 853 g/mol. The number of hydrogen-bond acceptors (Lipinski definition) is 3. The van der Waals surface area contributed by atoms with Gasteiger partial charge in [0.2, 0.25) is 0 Å². The van der Waals surface area contributed by atoms with E-state index in [0.29, 0.717) is 11.7 Å². The van der Waals surface area contributed by atoms with E-state index >= 15 is 0 Å². The summed E-state index contributed by atoms with van der Waals surface area (Å²) in [6.45, 7) is 0. The first-order valence-electron chi connectivity index (χ1n) is 24.1. The monoisotopic (exact) mass is 894 g/mol. The molecule has 0 fully saturated rings. The van der Waals surface area contributed by atoms with Crippen molar-refractivity contribution in [2.45, 2.75) is 12.0 Å². The second-order valence-corrected chi connectivity index (χ2v) is 18.5. The maximum Gasteiger partial charge on any atom is 0.163 e. The summed E-state index contributed by atoms with van der Waals surface area (Å²) >= 11 is 0. The van der Waals surface area contributed by atoms with Crippen LogP contribution in [-0.4, -0.2) is 29.7 Å². The zero-order chi connectivity index (χ0) is 45.9. The molecule has 13 aromatic rings. The molecule has 70 heavy (non-hydrogen) atoms. The van der Waals surface area contributed by atoms with Crippen LogP contribution in [-0.2, 0) is 0 Å². The Morgan fingerprint density at radius 3 is 1.41 bits per heavy atom. The molecule has 0 saturated heterocycles. The maximum atomic E-state index is 5.52. The highest BCUT2D eigenvalue weighted by Gasteiger charge is 2.37. The predicted molar refractivity (Wildman–Crippen MR) is 289 cm³/mol. The van der Waals surface area contributed by atoms with Gasteiger partial charge in [-0.05, 0) is 83.4 Å². The number of aromatic nitrogens is 5. The van der Waals surface area contributed by atoms with E-state index in [-0.39, 0.29) is 6.04 Å². The van der Waals surface area contributed by atoms with Gasteiger partial charge in [-0.25, -0.2) is 9.97 Å². The third kappa shape index (κ3) is 5.74. The van der Waals surface area contributed by atoms with Gasteiger partial charge < -0.3 is 9.47 Å². The van der Waals surface area contributed by atoms with Gasteiger partial charge in [-0.2, -0.15) is 0 Å². The van der Waals surface area contributed by atoms with Crippen molar-refractivity contribution in [1.82, 2.24) is 23.7 Å². The SMILES string of the molecule is C1=CC2c3ccccc3N(c3ccc4c(c3)c3ccccc3n4-c3cc(-n4c5ccccc5c5cc(-n6c7ccccc7c7ccccc76)ccc54)nc(-c4ccc(-c5ccccc5)cc4)n3)C2C=C1. The molecule has 4 aromatic heterocycles. The Morgan fingerprint density at radius 1 is 0.329 bits per heavy atom. The van der Waals surface area contributed by atoms with Crippen LogP contribution < -0.4 is 4.90 Å². The van der Waals surface area contributed by atoms with Crippen molar-refractivity contribution in [3.05, 3.63) is 248 Å². The maximum absolute atomic E-state index is 5.52. The highest BCUT2D eigenvalue weighted by atomic mass is 15.2. The lowest BCUT2D eigenvalue weighted by atomic mass is 9.91. The zero-order valence-electron chi connectivity index (χ0n) is 37.9. The summed E-state index contributed by atoms with van der Waals surface area (Å²) in [4.78, 5) is 13.5. The highest BCUT2D eigenvalue weighted by Crippen LogP contribution is 2.49. The molecule has 5 heterocycles. The van der Waals surface area contributed by atoms with E-state index in [1.165, 1.54) is 55.1 Å². The number of rotatable bonds is 6. The molecule has 0 spiro atoms. The number of allylic oxidation sites excluding steroid dienone is 2. The number of nitrogens with zero attached hydrogens (tertiary/aromatic N) is 6. The van der Waals surface area contributed by atoms with Crippen LogP contribution in [0.5, 0.6) is 0 Å². The van der Waals surface area contributed by atoms with Crippen molar-refractivity contribution in [1.29, 1.82) is 0 Å². The average Bonchev–Trinajstić information content (AvgIpc) is 4.16. The molecular formula is C64H42N6. The third-order valence-corrected chi connectivity index (χ3v) is 14.8. The van der Waals surface area contributed by atoms with Crippen LogP contribution >= 0.6 is 0 Å². The van der Waals surface area contributed by atoms with E-state index in [9.17, 15) is 0 Å². The van der Waals surface area contributed by atoms with Gasteiger partial charge in [0, 0.05) is 66.9 Å².